The quantitative estimate of drug-likeness (QED) is 0.870. The molecule has 0 radical (unpaired) electrons. The zero-order valence-corrected chi connectivity index (χ0v) is 14.6. The minimum absolute atomic E-state index is 0.225. The summed E-state index contributed by atoms with van der Waals surface area (Å²) in [5, 5.41) is 5.76. The molecule has 0 spiro atoms. The Morgan fingerprint density at radius 3 is 2.42 bits per heavy atom. The van der Waals surface area contributed by atoms with Crippen LogP contribution in [0, 0.1) is 0 Å². The zero-order chi connectivity index (χ0) is 17.9. The van der Waals surface area contributed by atoms with Crippen molar-refractivity contribution in [1.29, 1.82) is 0 Å². The Morgan fingerprint density at radius 2 is 1.73 bits per heavy atom. The molecule has 1 saturated carbocycles. The summed E-state index contributed by atoms with van der Waals surface area (Å²) in [6.07, 6.45) is 5.99. The fraction of sp³-hybridized carbons (Fsp3) is 0.350. The lowest BCUT2D eigenvalue weighted by atomic mass is 10.2. The maximum atomic E-state index is 12.5. The summed E-state index contributed by atoms with van der Waals surface area (Å²) >= 11 is 0. The van der Waals surface area contributed by atoms with Gasteiger partial charge in [-0.2, -0.15) is 0 Å². The Bertz CT molecular complexity index is 809. The molecule has 0 bridgehead atoms. The summed E-state index contributed by atoms with van der Waals surface area (Å²) < 4.78 is 0. The van der Waals surface area contributed by atoms with Crippen LogP contribution in [0.25, 0.3) is 0 Å². The predicted octanol–water partition coefficient (Wildman–Crippen LogP) is 2.83. The number of anilines is 2. The van der Waals surface area contributed by atoms with Gasteiger partial charge in [0.05, 0.1) is 0 Å². The summed E-state index contributed by atoms with van der Waals surface area (Å²) in [6.45, 7) is 2.18. The summed E-state index contributed by atoms with van der Waals surface area (Å²) in [5.74, 6) is -0.473. The average molecular weight is 350 g/mol. The van der Waals surface area contributed by atoms with E-state index < -0.39 is 0 Å². The highest BCUT2D eigenvalue weighted by molar-refractivity contribution is 6.05. The van der Waals surface area contributed by atoms with E-state index in [2.05, 4.69) is 20.5 Å². The fourth-order valence-electron chi connectivity index (χ4n) is 3.12. The van der Waals surface area contributed by atoms with E-state index in [1.807, 2.05) is 24.3 Å². The molecule has 2 aliphatic rings. The van der Waals surface area contributed by atoms with Crippen LogP contribution in [-0.2, 0) is 0 Å². The van der Waals surface area contributed by atoms with Gasteiger partial charge >= 0.3 is 0 Å². The molecule has 2 aromatic rings. The Labute approximate surface area is 152 Å². The Hall–Kier alpha value is -2.89. The Kier molecular flexibility index (Phi) is 4.56. The number of benzene rings is 1. The molecule has 2 heterocycles. The maximum Gasteiger partial charge on any atom is 0.270 e. The number of nitrogens with one attached hydrogen (secondary N) is 2. The van der Waals surface area contributed by atoms with Crippen molar-refractivity contribution < 1.29 is 9.59 Å². The largest absolute Gasteiger partial charge is 0.372 e. The lowest BCUT2D eigenvalue weighted by Crippen LogP contribution is -2.26. The van der Waals surface area contributed by atoms with Crippen molar-refractivity contribution in [3.8, 4) is 0 Å². The minimum Gasteiger partial charge on any atom is -0.372 e. The van der Waals surface area contributed by atoms with Crippen LogP contribution in [-0.4, -0.2) is 35.9 Å². The van der Waals surface area contributed by atoms with Gasteiger partial charge in [-0.15, -0.1) is 0 Å². The number of nitrogens with zero attached hydrogens (tertiary/aromatic N) is 2. The summed E-state index contributed by atoms with van der Waals surface area (Å²) in [4.78, 5) is 31.0. The second-order valence-electron chi connectivity index (χ2n) is 6.87. The van der Waals surface area contributed by atoms with Crippen LogP contribution < -0.4 is 15.5 Å². The molecule has 134 valence electrons. The first kappa shape index (κ1) is 16.6. The number of pyridine rings is 1. The number of hydrogen-bond acceptors (Lipinski definition) is 4. The van der Waals surface area contributed by atoms with E-state index in [-0.39, 0.29) is 23.6 Å². The van der Waals surface area contributed by atoms with Crippen molar-refractivity contribution in [2.24, 2.45) is 0 Å². The van der Waals surface area contributed by atoms with Gasteiger partial charge in [-0.05, 0) is 62.1 Å². The first-order valence-corrected chi connectivity index (χ1v) is 9.12. The van der Waals surface area contributed by atoms with E-state index in [4.69, 9.17) is 0 Å². The molecule has 26 heavy (non-hydrogen) atoms. The summed E-state index contributed by atoms with van der Waals surface area (Å²) in [5.41, 5.74) is 2.61. The van der Waals surface area contributed by atoms with Crippen molar-refractivity contribution >= 4 is 23.2 Å². The molecule has 2 N–H and O–H groups in total. The van der Waals surface area contributed by atoms with Gasteiger partial charge in [0.25, 0.3) is 11.8 Å². The molecule has 4 rings (SSSR count). The molecular formula is C20H22N4O2. The van der Waals surface area contributed by atoms with E-state index in [1.54, 1.807) is 6.07 Å². The first-order chi connectivity index (χ1) is 12.7. The third kappa shape index (κ3) is 3.85. The highest BCUT2D eigenvalue weighted by Gasteiger charge is 2.24. The number of aromatic nitrogens is 1. The lowest BCUT2D eigenvalue weighted by Gasteiger charge is -2.17. The third-order valence-corrected chi connectivity index (χ3v) is 4.76. The molecule has 0 atom stereocenters. The standard InChI is InChI=1S/C20H22N4O2/c25-19(14-9-10-21-18(13-14)20(26)23-15-3-4-15)22-16-5-7-17(8-6-16)24-11-1-2-12-24/h5-10,13,15H,1-4,11-12H2,(H,22,25)(H,23,26). The van der Waals surface area contributed by atoms with Crippen LogP contribution in [0.15, 0.2) is 42.6 Å². The van der Waals surface area contributed by atoms with Gasteiger partial charge in [-0.3, -0.25) is 14.6 Å². The second kappa shape index (κ2) is 7.15. The number of carbonyl (C=O) groups excluding carboxylic acids is 2. The topological polar surface area (TPSA) is 74.3 Å². The zero-order valence-electron chi connectivity index (χ0n) is 14.6. The normalized spacial score (nSPS) is 16.4. The van der Waals surface area contributed by atoms with Gasteiger partial charge in [0.2, 0.25) is 0 Å². The third-order valence-electron chi connectivity index (χ3n) is 4.76. The highest BCUT2D eigenvalue weighted by Crippen LogP contribution is 2.22. The van der Waals surface area contributed by atoms with Crippen LogP contribution in [0.1, 0.15) is 46.5 Å². The van der Waals surface area contributed by atoms with Crippen molar-refractivity contribution in [1.82, 2.24) is 10.3 Å². The van der Waals surface area contributed by atoms with E-state index in [9.17, 15) is 9.59 Å². The van der Waals surface area contributed by atoms with Gasteiger partial charge in [-0.1, -0.05) is 0 Å². The Morgan fingerprint density at radius 1 is 1.00 bits per heavy atom. The molecule has 1 aromatic carbocycles. The monoisotopic (exact) mass is 350 g/mol. The summed E-state index contributed by atoms with van der Waals surface area (Å²) in [7, 11) is 0. The fourth-order valence-corrected chi connectivity index (χ4v) is 3.12. The lowest BCUT2D eigenvalue weighted by molar-refractivity contribution is 0.0946. The molecule has 1 saturated heterocycles. The van der Waals surface area contributed by atoms with Crippen LogP contribution in [0.2, 0.25) is 0 Å². The second-order valence-corrected chi connectivity index (χ2v) is 6.87. The number of hydrogen-bond donors (Lipinski definition) is 2. The van der Waals surface area contributed by atoms with Gasteiger partial charge in [0.1, 0.15) is 5.69 Å². The molecule has 1 aromatic heterocycles. The molecule has 1 aliphatic carbocycles. The number of amides is 2. The highest BCUT2D eigenvalue weighted by atomic mass is 16.2. The van der Waals surface area contributed by atoms with Gasteiger partial charge in [0.15, 0.2) is 0 Å². The molecule has 2 fully saturated rings. The molecule has 1 aliphatic heterocycles. The van der Waals surface area contributed by atoms with E-state index in [1.165, 1.54) is 30.8 Å². The Balaban J connectivity index is 1.41. The van der Waals surface area contributed by atoms with E-state index >= 15 is 0 Å². The molecule has 0 unspecified atom stereocenters. The van der Waals surface area contributed by atoms with Crippen molar-refractivity contribution in [2.75, 3.05) is 23.3 Å². The van der Waals surface area contributed by atoms with Gasteiger partial charge in [0, 0.05) is 42.3 Å². The van der Waals surface area contributed by atoms with Crippen LogP contribution in [0.4, 0.5) is 11.4 Å². The molecule has 2 amide bonds. The number of rotatable bonds is 5. The smallest absolute Gasteiger partial charge is 0.270 e. The van der Waals surface area contributed by atoms with Crippen LogP contribution >= 0.6 is 0 Å². The molecule has 6 nitrogen and oxygen atoms in total. The van der Waals surface area contributed by atoms with Crippen molar-refractivity contribution in [3.05, 3.63) is 53.9 Å². The molecular weight excluding hydrogens is 328 g/mol. The first-order valence-electron chi connectivity index (χ1n) is 9.12. The van der Waals surface area contributed by atoms with Crippen molar-refractivity contribution in [2.45, 2.75) is 31.7 Å². The van der Waals surface area contributed by atoms with Gasteiger partial charge < -0.3 is 15.5 Å². The predicted molar refractivity (Wildman–Crippen MR) is 101 cm³/mol. The van der Waals surface area contributed by atoms with E-state index in [0.29, 0.717) is 5.56 Å². The molecule has 6 heteroatoms. The van der Waals surface area contributed by atoms with Crippen molar-refractivity contribution in [3.63, 3.8) is 0 Å². The summed E-state index contributed by atoms with van der Waals surface area (Å²) in [6, 6.07) is 11.3. The van der Waals surface area contributed by atoms with Crippen LogP contribution in [0.5, 0.6) is 0 Å². The number of carbonyl (C=O) groups is 2. The maximum absolute atomic E-state index is 12.5. The average Bonchev–Trinajstić information content (AvgIpc) is 3.31. The van der Waals surface area contributed by atoms with E-state index in [0.717, 1.165) is 31.6 Å². The SMILES string of the molecule is O=C(Nc1ccc(N2CCCC2)cc1)c1ccnc(C(=O)NC2CC2)c1. The minimum atomic E-state index is -0.248. The van der Waals surface area contributed by atoms with Crippen LogP contribution in [0.3, 0.4) is 0 Å². The van der Waals surface area contributed by atoms with Gasteiger partial charge in [-0.25, -0.2) is 0 Å².